The average Bonchev–Trinajstić information content (AvgIpc) is 2.44. The maximum atomic E-state index is 4.73. The molecule has 2 rings (SSSR count). The van der Waals surface area contributed by atoms with Crippen LogP contribution < -0.4 is 10.2 Å². The van der Waals surface area contributed by atoms with Crippen LogP contribution in [-0.4, -0.2) is 48.1 Å². The Morgan fingerprint density at radius 2 is 1.76 bits per heavy atom. The predicted molar refractivity (Wildman–Crippen MR) is 89.9 cm³/mol. The third-order valence-electron chi connectivity index (χ3n) is 4.08. The summed E-state index contributed by atoms with van der Waals surface area (Å²) in [6.07, 6.45) is 0. The van der Waals surface area contributed by atoms with Crippen molar-refractivity contribution < 1.29 is 0 Å². The quantitative estimate of drug-likeness (QED) is 0.902. The molecule has 0 unspecified atom stereocenters. The van der Waals surface area contributed by atoms with Crippen molar-refractivity contribution in [2.45, 2.75) is 53.2 Å². The fraction of sp³-hybridized carbons (Fsp3) is 0.706. The molecule has 118 valence electrons. The van der Waals surface area contributed by atoms with Gasteiger partial charge in [-0.15, -0.1) is 0 Å². The van der Waals surface area contributed by atoms with Gasteiger partial charge >= 0.3 is 0 Å². The molecule has 0 aromatic carbocycles. The third kappa shape index (κ3) is 4.68. The van der Waals surface area contributed by atoms with Crippen LogP contribution in [0.25, 0.3) is 0 Å². The summed E-state index contributed by atoms with van der Waals surface area (Å²) in [5.41, 5.74) is 2.44. The van der Waals surface area contributed by atoms with Gasteiger partial charge in [-0.05, 0) is 38.5 Å². The summed E-state index contributed by atoms with van der Waals surface area (Å²) in [6.45, 7) is 16.3. The van der Waals surface area contributed by atoms with E-state index >= 15 is 0 Å². The predicted octanol–water partition coefficient (Wildman–Crippen LogP) is 2.42. The minimum Gasteiger partial charge on any atom is -0.354 e. The lowest BCUT2D eigenvalue weighted by Gasteiger charge is -2.37. The van der Waals surface area contributed by atoms with Crippen molar-refractivity contribution in [2.75, 3.05) is 31.1 Å². The summed E-state index contributed by atoms with van der Waals surface area (Å²) in [6, 6.07) is 5.58. The van der Waals surface area contributed by atoms with Gasteiger partial charge in [-0.2, -0.15) is 0 Å². The molecule has 0 aliphatic carbocycles. The maximum Gasteiger partial charge on any atom is 0.129 e. The number of pyridine rings is 1. The van der Waals surface area contributed by atoms with Crippen molar-refractivity contribution in [1.82, 2.24) is 15.2 Å². The monoisotopic (exact) mass is 290 g/mol. The van der Waals surface area contributed by atoms with Gasteiger partial charge in [0.2, 0.25) is 0 Å². The highest BCUT2D eigenvalue weighted by Crippen LogP contribution is 2.18. The van der Waals surface area contributed by atoms with E-state index in [0.717, 1.165) is 44.2 Å². The molecule has 1 aromatic rings. The van der Waals surface area contributed by atoms with E-state index in [1.165, 1.54) is 5.56 Å². The molecule has 0 spiro atoms. The molecule has 1 fully saturated rings. The Bertz CT molecular complexity index is 448. The maximum absolute atomic E-state index is 4.73. The van der Waals surface area contributed by atoms with Gasteiger partial charge < -0.3 is 10.2 Å². The van der Waals surface area contributed by atoms with Crippen molar-refractivity contribution >= 4 is 5.82 Å². The first-order valence-corrected chi connectivity index (χ1v) is 8.15. The molecular formula is C17H30N4. The minimum atomic E-state index is 0.511. The van der Waals surface area contributed by atoms with E-state index in [0.29, 0.717) is 12.1 Å². The van der Waals surface area contributed by atoms with Gasteiger partial charge in [-0.3, -0.25) is 4.90 Å². The summed E-state index contributed by atoms with van der Waals surface area (Å²) in [5, 5.41) is 3.49. The zero-order chi connectivity index (χ0) is 15.4. The molecule has 1 N–H and O–H groups in total. The van der Waals surface area contributed by atoms with Gasteiger partial charge in [0, 0.05) is 50.5 Å². The van der Waals surface area contributed by atoms with Crippen molar-refractivity contribution in [2.24, 2.45) is 0 Å². The number of aromatic nitrogens is 1. The van der Waals surface area contributed by atoms with Crippen LogP contribution in [-0.2, 0) is 6.54 Å². The van der Waals surface area contributed by atoms with Gasteiger partial charge in [-0.25, -0.2) is 4.98 Å². The normalized spacial score (nSPS) is 17.0. The van der Waals surface area contributed by atoms with Gasteiger partial charge in [0.1, 0.15) is 5.82 Å². The lowest BCUT2D eigenvalue weighted by atomic mass is 10.2. The van der Waals surface area contributed by atoms with Gasteiger partial charge in [0.15, 0.2) is 0 Å². The molecule has 4 heteroatoms. The lowest BCUT2D eigenvalue weighted by molar-refractivity contribution is 0.209. The topological polar surface area (TPSA) is 31.4 Å². The average molecular weight is 290 g/mol. The molecule has 1 aromatic heterocycles. The second kappa shape index (κ2) is 7.23. The molecule has 0 amide bonds. The van der Waals surface area contributed by atoms with Crippen LogP contribution in [0.3, 0.4) is 0 Å². The van der Waals surface area contributed by atoms with Gasteiger partial charge in [0.25, 0.3) is 0 Å². The number of nitrogens with zero attached hydrogens (tertiary/aromatic N) is 3. The summed E-state index contributed by atoms with van der Waals surface area (Å²) in [5.74, 6) is 1.14. The Morgan fingerprint density at radius 1 is 1.10 bits per heavy atom. The lowest BCUT2D eigenvalue weighted by Crippen LogP contribution is -2.49. The molecule has 1 aliphatic rings. The Kier molecular flexibility index (Phi) is 5.59. The zero-order valence-electron chi connectivity index (χ0n) is 14.2. The standard InChI is InChI=1S/C17H30N4/c1-13(2)18-12-16-10-15(5)19-17(11-16)21-8-6-20(7-9-21)14(3)4/h10-11,13-14,18H,6-9,12H2,1-5H3. The Labute approximate surface area is 129 Å². The molecule has 1 saturated heterocycles. The van der Waals surface area contributed by atoms with Crippen LogP contribution in [0.4, 0.5) is 5.82 Å². The van der Waals surface area contributed by atoms with Crippen molar-refractivity contribution in [1.29, 1.82) is 0 Å². The summed E-state index contributed by atoms with van der Waals surface area (Å²) >= 11 is 0. The van der Waals surface area contributed by atoms with E-state index in [-0.39, 0.29) is 0 Å². The third-order valence-corrected chi connectivity index (χ3v) is 4.08. The number of rotatable bonds is 5. The fourth-order valence-corrected chi connectivity index (χ4v) is 2.77. The van der Waals surface area contributed by atoms with Crippen LogP contribution in [0.5, 0.6) is 0 Å². The summed E-state index contributed by atoms with van der Waals surface area (Å²) in [7, 11) is 0. The highest BCUT2D eigenvalue weighted by atomic mass is 15.3. The molecule has 0 radical (unpaired) electrons. The van der Waals surface area contributed by atoms with Crippen LogP contribution >= 0.6 is 0 Å². The van der Waals surface area contributed by atoms with E-state index in [1.54, 1.807) is 0 Å². The molecule has 0 atom stereocenters. The summed E-state index contributed by atoms with van der Waals surface area (Å²) < 4.78 is 0. The SMILES string of the molecule is Cc1cc(CNC(C)C)cc(N2CCN(C(C)C)CC2)n1. The largest absolute Gasteiger partial charge is 0.354 e. The first-order valence-electron chi connectivity index (χ1n) is 8.15. The highest BCUT2D eigenvalue weighted by molar-refractivity contribution is 5.43. The number of aryl methyl sites for hydroxylation is 1. The van der Waals surface area contributed by atoms with Crippen molar-refractivity contribution in [3.63, 3.8) is 0 Å². The number of hydrogen-bond donors (Lipinski definition) is 1. The smallest absolute Gasteiger partial charge is 0.129 e. The molecule has 4 nitrogen and oxygen atoms in total. The highest BCUT2D eigenvalue weighted by Gasteiger charge is 2.20. The Balaban J connectivity index is 2.03. The van der Waals surface area contributed by atoms with E-state index in [1.807, 2.05) is 0 Å². The van der Waals surface area contributed by atoms with Crippen LogP contribution in [0, 0.1) is 6.92 Å². The van der Waals surface area contributed by atoms with E-state index < -0.39 is 0 Å². The number of hydrogen-bond acceptors (Lipinski definition) is 4. The second-order valence-electron chi connectivity index (χ2n) is 6.63. The molecule has 1 aliphatic heterocycles. The Morgan fingerprint density at radius 3 is 2.33 bits per heavy atom. The van der Waals surface area contributed by atoms with E-state index in [4.69, 9.17) is 4.98 Å². The van der Waals surface area contributed by atoms with Crippen LogP contribution in [0.2, 0.25) is 0 Å². The van der Waals surface area contributed by atoms with Crippen LogP contribution in [0.1, 0.15) is 39.0 Å². The molecule has 2 heterocycles. The van der Waals surface area contributed by atoms with Gasteiger partial charge in [-0.1, -0.05) is 13.8 Å². The van der Waals surface area contributed by atoms with Crippen molar-refractivity contribution in [3.8, 4) is 0 Å². The first-order chi connectivity index (χ1) is 9.95. The molecule has 0 saturated carbocycles. The van der Waals surface area contributed by atoms with Gasteiger partial charge in [0.05, 0.1) is 0 Å². The molecule has 21 heavy (non-hydrogen) atoms. The van der Waals surface area contributed by atoms with Crippen molar-refractivity contribution in [3.05, 3.63) is 23.4 Å². The first kappa shape index (κ1) is 16.2. The minimum absolute atomic E-state index is 0.511. The summed E-state index contributed by atoms with van der Waals surface area (Å²) in [4.78, 5) is 9.69. The van der Waals surface area contributed by atoms with E-state index in [2.05, 4.69) is 61.9 Å². The fourth-order valence-electron chi connectivity index (χ4n) is 2.77. The molecule has 0 bridgehead atoms. The number of piperazine rings is 1. The Hall–Kier alpha value is -1.13. The van der Waals surface area contributed by atoms with E-state index in [9.17, 15) is 0 Å². The number of anilines is 1. The number of nitrogens with one attached hydrogen (secondary N) is 1. The van der Waals surface area contributed by atoms with Crippen LogP contribution in [0.15, 0.2) is 12.1 Å². The second-order valence-corrected chi connectivity index (χ2v) is 6.63. The molecular weight excluding hydrogens is 260 g/mol. The zero-order valence-corrected chi connectivity index (χ0v) is 14.2.